The summed E-state index contributed by atoms with van der Waals surface area (Å²) in [4.78, 5) is 25.0. The van der Waals surface area contributed by atoms with E-state index in [1.54, 1.807) is 6.20 Å². The van der Waals surface area contributed by atoms with Crippen molar-refractivity contribution >= 4 is 23.6 Å². The lowest BCUT2D eigenvalue weighted by Gasteiger charge is -2.15. The fourth-order valence-corrected chi connectivity index (χ4v) is 2.35. The maximum Gasteiger partial charge on any atom is 0.316 e. The van der Waals surface area contributed by atoms with Crippen molar-refractivity contribution in [2.45, 2.75) is 26.4 Å². The van der Waals surface area contributed by atoms with E-state index in [4.69, 9.17) is 0 Å². The Labute approximate surface area is 139 Å². The van der Waals surface area contributed by atoms with Crippen LogP contribution < -0.4 is 26.8 Å². The van der Waals surface area contributed by atoms with E-state index in [-0.39, 0.29) is 12.2 Å². The number of nitrogens with one attached hydrogen (secondary N) is 3. The molecule has 2 amide bonds. The molecule has 2 heterocycles. The predicted octanol–water partition coefficient (Wildman–Crippen LogP) is 0.978. The maximum atomic E-state index is 11.6. The molecular formula is C17H20N6O. The van der Waals surface area contributed by atoms with Crippen molar-refractivity contribution in [3.8, 4) is 0 Å². The molecule has 7 heteroatoms. The predicted molar refractivity (Wildman–Crippen MR) is 92.4 cm³/mol. The zero-order valence-electron chi connectivity index (χ0n) is 13.7. The van der Waals surface area contributed by atoms with Gasteiger partial charge >= 0.3 is 6.03 Å². The fourth-order valence-electron chi connectivity index (χ4n) is 2.35. The first-order valence-corrected chi connectivity index (χ1v) is 7.93. The third-order valence-electron chi connectivity index (χ3n) is 3.55. The van der Waals surface area contributed by atoms with Crippen molar-refractivity contribution in [3.05, 3.63) is 46.9 Å². The van der Waals surface area contributed by atoms with Gasteiger partial charge < -0.3 is 16.0 Å². The largest absolute Gasteiger partial charge is 0.339 e. The van der Waals surface area contributed by atoms with Gasteiger partial charge in [-0.15, -0.1) is 0 Å². The molecular weight excluding hydrogens is 304 g/mol. The van der Waals surface area contributed by atoms with Gasteiger partial charge in [0, 0.05) is 18.7 Å². The molecule has 0 bridgehead atoms. The van der Waals surface area contributed by atoms with Crippen LogP contribution in [0.1, 0.15) is 18.9 Å². The van der Waals surface area contributed by atoms with Gasteiger partial charge in [-0.2, -0.15) is 0 Å². The smallest absolute Gasteiger partial charge is 0.316 e. The molecule has 0 saturated heterocycles. The summed E-state index contributed by atoms with van der Waals surface area (Å²) in [7, 11) is 0. The molecule has 0 saturated carbocycles. The number of aryl methyl sites for hydroxylation is 1. The van der Waals surface area contributed by atoms with Crippen molar-refractivity contribution in [3.63, 3.8) is 0 Å². The molecule has 3 N–H and O–H groups in total. The van der Waals surface area contributed by atoms with Crippen LogP contribution in [-0.2, 0) is 0 Å². The van der Waals surface area contributed by atoms with Gasteiger partial charge in [0.05, 0.1) is 6.20 Å². The van der Waals surface area contributed by atoms with E-state index in [9.17, 15) is 4.79 Å². The Morgan fingerprint density at radius 3 is 2.83 bits per heavy atom. The minimum atomic E-state index is -0.326. The van der Waals surface area contributed by atoms with E-state index in [1.165, 1.54) is 5.56 Å². The van der Waals surface area contributed by atoms with Crippen LogP contribution >= 0.6 is 0 Å². The summed E-state index contributed by atoms with van der Waals surface area (Å²) in [5, 5.41) is 9.44. The molecule has 0 aliphatic carbocycles. The highest BCUT2D eigenvalue weighted by Crippen LogP contribution is 2.13. The summed E-state index contributed by atoms with van der Waals surface area (Å²) < 4.78 is 0. The molecule has 1 aromatic carbocycles. The van der Waals surface area contributed by atoms with Crippen LogP contribution in [0.25, 0.3) is 6.08 Å². The van der Waals surface area contributed by atoms with Crippen molar-refractivity contribution < 1.29 is 4.79 Å². The van der Waals surface area contributed by atoms with E-state index in [1.807, 2.05) is 44.2 Å². The Kier molecular flexibility index (Phi) is 4.69. The molecule has 24 heavy (non-hydrogen) atoms. The van der Waals surface area contributed by atoms with Crippen LogP contribution in [0.2, 0.25) is 0 Å². The third-order valence-corrected chi connectivity index (χ3v) is 3.55. The van der Waals surface area contributed by atoms with Crippen molar-refractivity contribution in [1.29, 1.82) is 0 Å². The number of nitrogens with zero attached hydrogens (tertiary/aromatic N) is 3. The number of urea groups is 1. The Morgan fingerprint density at radius 2 is 2.08 bits per heavy atom. The quantitative estimate of drug-likeness (QED) is 0.782. The highest BCUT2D eigenvalue weighted by Gasteiger charge is 2.12. The summed E-state index contributed by atoms with van der Waals surface area (Å²) in [5.41, 5.74) is 2.66. The maximum absolute atomic E-state index is 11.6. The first-order chi connectivity index (χ1) is 11.6. The van der Waals surface area contributed by atoms with Gasteiger partial charge in [0.2, 0.25) is 0 Å². The second kappa shape index (κ2) is 7.08. The summed E-state index contributed by atoms with van der Waals surface area (Å²) in [6.45, 7) is 4.48. The van der Waals surface area contributed by atoms with E-state index >= 15 is 0 Å². The number of aromatic nitrogens is 2. The van der Waals surface area contributed by atoms with Crippen molar-refractivity contribution in [2.24, 2.45) is 4.99 Å². The Morgan fingerprint density at radius 1 is 1.29 bits per heavy atom. The second-order valence-corrected chi connectivity index (χ2v) is 5.54. The van der Waals surface area contributed by atoms with E-state index < -0.39 is 0 Å². The molecule has 1 aliphatic rings. The van der Waals surface area contributed by atoms with Crippen LogP contribution in [0.5, 0.6) is 0 Å². The highest BCUT2D eigenvalue weighted by atomic mass is 16.2. The average Bonchev–Trinajstić information content (AvgIpc) is 2.57. The van der Waals surface area contributed by atoms with E-state index in [2.05, 4.69) is 30.9 Å². The van der Waals surface area contributed by atoms with Gasteiger partial charge in [0.25, 0.3) is 0 Å². The summed E-state index contributed by atoms with van der Waals surface area (Å²) >= 11 is 0. The van der Waals surface area contributed by atoms with Crippen LogP contribution in [0.15, 0.2) is 35.5 Å². The first-order valence-electron chi connectivity index (χ1n) is 7.93. The molecule has 7 nitrogen and oxygen atoms in total. The van der Waals surface area contributed by atoms with E-state index in [0.717, 1.165) is 11.0 Å². The lowest BCUT2D eigenvalue weighted by atomic mass is 10.2. The molecule has 3 rings (SSSR count). The Bertz CT molecular complexity index is 846. The summed E-state index contributed by atoms with van der Waals surface area (Å²) in [5.74, 6) is 0.619. The van der Waals surface area contributed by atoms with E-state index in [0.29, 0.717) is 24.3 Å². The third kappa shape index (κ3) is 3.87. The van der Waals surface area contributed by atoms with Gasteiger partial charge in [0.1, 0.15) is 11.5 Å². The molecule has 1 atom stereocenters. The normalized spacial score (nSPS) is 15.5. The average molecular weight is 324 g/mol. The fraction of sp³-hybridized carbons (Fsp3) is 0.294. The zero-order valence-corrected chi connectivity index (χ0v) is 13.7. The first kappa shape index (κ1) is 15.9. The van der Waals surface area contributed by atoms with Gasteiger partial charge in [-0.1, -0.05) is 23.8 Å². The van der Waals surface area contributed by atoms with Gasteiger partial charge in [-0.25, -0.2) is 19.8 Å². The highest BCUT2D eigenvalue weighted by molar-refractivity contribution is 5.74. The number of amides is 2. The van der Waals surface area contributed by atoms with Crippen LogP contribution in [-0.4, -0.2) is 28.7 Å². The van der Waals surface area contributed by atoms with Crippen LogP contribution in [0.3, 0.4) is 0 Å². The number of benzene rings is 1. The number of hydrogen-bond donors (Lipinski definition) is 3. The van der Waals surface area contributed by atoms with Crippen LogP contribution in [0, 0.1) is 6.92 Å². The lowest BCUT2D eigenvalue weighted by Crippen LogP contribution is -2.46. The Hall–Kier alpha value is -2.96. The monoisotopic (exact) mass is 324 g/mol. The summed E-state index contributed by atoms with van der Waals surface area (Å²) in [6, 6.07) is 7.79. The number of hydrogen-bond acceptors (Lipinski definition) is 5. The lowest BCUT2D eigenvalue weighted by molar-refractivity contribution is 0.237. The number of carbonyl (C=O) groups excluding carboxylic acids is 1. The molecule has 124 valence electrons. The molecule has 0 radical (unpaired) electrons. The molecule has 1 unspecified atom stereocenters. The van der Waals surface area contributed by atoms with Gasteiger partial charge in [0.15, 0.2) is 11.3 Å². The molecule has 1 aliphatic heterocycles. The van der Waals surface area contributed by atoms with Gasteiger partial charge in [-0.05, 0) is 26.0 Å². The number of anilines is 2. The number of rotatable bonds is 4. The number of fused-ring (bicyclic) bond motifs is 1. The van der Waals surface area contributed by atoms with Crippen molar-refractivity contribution in [1.82, 2.24) is 20.6 Å². The van der Waals surface area contributed by atoms with Crippen molar-refractivity contribution in [2.75, 3.05) is 11.9 Å². The zero-order chi connectivity index (χ0) is 16.9. The van der Waals surface area contributed by atoms with Crippen LogP contribution in [0.4, 0.5) is 16.3 Å². The minimum absolute atomic E-state index is 0.231. The second-order valence-electron chi connectivity index (χ2n) is 5.54. The summed E-state index contributed by atoms with van der Waals surface area (Å²) in [6.07, 6.45) is 3.89. The molecule has 0 spiro atoms. The van der Waals surface area contributed by atoms with Gasteiger partial charge in [-0.3, -0.25) is 0 Å². The SMILES string of the molecule is CCNC(=O)NC1CC=c2ncc(Nc3ccc(C)cc3)nc2=N1. The number of carbonyl (C=O) groups is 1. The Balaban J connectivity index is 1.79. The molecule has 0 fully saturated rings. The topological polar surface area (TPSA) is 91.3 Å². The molecule has 1 aromatic heterocycles. The standard InChI is InChI=1S/C17H20N6O/c1-3-18-17(24)23-14-9-8-13-16(21-14)22-15(10-19-13)20-12-6-4-11(2)5-7-12/h4-8,10,14H,3,9H2,1-2H3,(H2,18,23,24)(H,20,21,22). The minimum Gasteiger partial charge on any atom is -0.339 e. The molecule has 2 aromatic rings.